The van der Waals surface area contributed by atoms with Gasteiger partial charge in [0.1, 0.15) is 5.75 Å². The minimum absolute atomic E-state index is 0.639. The van der Waals surface area contributed by atoms with Crippen molar-refractivity contribution in [3.05, 3.63) is 23.8 Å². The predicted molar refractivity (Wildman–Crippen MR) is 77.1 cm³/mol. The van der Waals surface area contributed by atoms with Gasteiger partial charge in [-0.3, -0.25) is 0 Å². The zero-order chi connectivity index (χ0) is 14.1. The second-order valence-electron chi connectivity index (χ2n) is 6.12. The van der Waals surface area contributed by atoms with E-state index < -0.39 is 11.2 Å². The average Bonchev–Trinajstić information content (AvgIpc) is 2.35. The van der Waals surface area contributed by atoms with Crippen LogP contribution < -0.4 is 10.2 Å². The molecule has 0 unspecified atom stereocenters. The van der Waals surface area contributed by atoms with Crippen LogP contribution in [-0.4, -0.2) is 30.4 Å². The van der Waals surface area contributed by atoms with Crippen molar-refractivity contribution in [1.82, 2.24) is 0 Å². The van der Waals surface area contributed by atoms with E-state index in [1.807, 2.05) is 26.0 Å². The molecule has 0 aromatic heterocycles. The average molecular weight is 261 g/mol. The molecule has 0 amide bonds. The third-order valence-electron chi connectivity index (χ3n) is 3.90. The highest BCUT2D eigenvalue weighted by Crippen LogP contribution is 2.25. The summed E-state index contributed by atoms with van der Waals surface area (Å²) in [7, 11) is 1.72. The van der Waals surface area contributed by atoms with Crippen LogP contribution in [0.3, 0.4) is 0 Å². The van der Waals surface area contributed by atoms with Crippen LogP contribution in [0, 0.1) is 0 Å². The number of benzene rings is 1. The van der Waals surface area contributed by atoms with Crippen LogP contribution in [0.15, 0.2) is 18.2 Å². The molecule has 1 aromatic rings. The summed E-state index contributed by atoms with van der Waals surface area (Å²) < 4.78 is 11.3. The number of hydrogen-bond donors (Lipinski definition) is 1. The maximum atomic E-state index is 10.1. The minimum atomic E-state index is -0.902. The summed E-state index contributed by atoms with van der Waals surface area (Å²) in [4.78, 5) is 0. The molecule has 1 aromatic carbocycles. The molecule has 103 valence electrons. The zero-order valence-electron chi connectivity index (χ0n) is 12.2. The molecule has 1 N–H and O–H groups in total. The first-order chi connectivity index (χ1) is 8.79. The minimum Gasteiger partial charge on any atom is -0.493 e. The molecule has 0 saturated carbocycles. The van der Waals surface area contributed by atoms with E-state index in [1.165, 1.54) is 5.56 Å². The molecule has 2 rings (SSSR count). The fraction of sp³-hybridized carbons (Fsp3) is 0.600. The van der Waals surface area contributed by atoms with Crippen molar-refractivity contribution in [2.45, 2.75) is 51.7 Å². The summed E-state index contributed by atoms with van der Waals surface area (Å²) in [5.74, 6) is 0.977. The Morgan fingerprint density at radius 3 is 2.68 bits per heavy atom. The van der Waals surface area contributed by atoms with E-state index in [2.05, 4.69) is 6.07 Å². The van der Waals surface area contributed by atoms with E-state index in [1.54, 1.807) is 21.3 Å². The number of fused-ring (bicyclic) bond motifs is 1. The molecule has 0 aliphatic carbocycles. The van der Waals surface area contributed by atoms with Crippen LogP contribution in [0.1, 0.15) is 39.7 Å². The lowest BCUT2D eigenvalue weighted by molar-refractivity contribution is -0.0893. The first-order valence-corrected chi connectivity index (χ1v) is 6.79. The molecular formula is C15H22BO3. The number of rotatable bonds is 4. The van der Waals surface area contributed by atoms with Gasteiger partial charge in [0.15, 0.2) is 0 Å². The summed E-state index contributed by atoms with van der Waals surface area (Å²) in [6.45, 7) is 8.07. The fourth-order valence-electron chi connectivity index (χ4n) is 1.81. The summed E-state index contributed by atoms with van der Waals surface area (Å²) in [5.41, 5.74) is 0.687. The van der Waals surface area contributed by atoms with Crippen molar-refractivity contribution in [3.63, 3.8) is 0 Å². The largest absolute Gasteiger partial charge is 0.493 e. The summed E-state index contributed by atoms with van der Waals surface area (Å²) in [6.07, 6.45) is 2.11. The molecule has 1 radical (unpaired) electrons. The molecule has 1 aliphatic heterocycles. The lowest BCUT2D eigenvalue weighted by Gasteiger charge is -2.37. The third kappa shape index (κ3) is 3.31. The van der Waals surface area contributed by atoms with Gasteiger partial charge in [0.25, 0.3) is 0 Å². The second-order valence-corrected chi connectivity index (χ2v) is 6.12. The summed E-state index contributed by atoms with van der Waals surface area (Å²) in [5, 5.41) is 10.1. The highest BCUT2D eigenvalue weighted by molar-refractivity contribution is 6.47. The lowest BCUT2D eigenvalue weighted by atomic mass is 9.81. The molecule has 0 fully saturated rings. The van der Waals surface area contributed by atoms with E-state index in [4.69, 9.17) is 9.39 Å². The van der Waals surface area contributed by atoms with Crippen molar-refractivity contribution in [1.29, 1.82) is 0 Å². The van der Waals surface area contributed by atoms with Gasteiger partial charge in [-0.1, -0.05) is 17.6 Å². The fourth-order valence-corrected chi connectivity index (χ4v) is 1.81. The Morgan fingerprint density at radius 1 is 1.26 bits per heavy atom. The van der Waals surface area contributed by atoms with E-state index in [0.29, 0.717) is 0 Å². The first kappa shape index (κ1) is 14.4. The van der Waals surface area contributed by atoms with Gasteiger partial charge in [-0.2, -0.15) is 0 Å². The van der Waals surface area contributed by atoms with Crippen molar-refractivity contribution in [2.24, 2.45) is 0 Å². The van der Waals surface area contributed by atoms with Crippen LogP contribution >= 0.6 is 0 Å². The van der Waals surface area contributed by atoms with E-state index in [9.17, 15) is 5.11 Å². The molecule has 0 spiro atoms. The van der Waals surface area contributed by atoms with E-state index in [0.717, 1.165) is 30.7 Å². The van der Waals surface area contributed by atoms with Crippen molar-refractivity contribution < 1.29 is 14.5 Å². The van der Waals surface area contributed by atoms with E-state index in [-0.39, 0.29) is 0 Å². The Hall–Kier alpha value is -0.995. The highest BCUT2D eigenvalue weighted by atomic mass is 16.5. The van der Waals surface area contributed by atoms with Gasteiger partial charge in [-0.25, -0.2) is 0 Å². The predicted octanol–water partition coefficient (Wildman–Crippen LogP) is 1.82. The maximum absolute atomic E-state index is 10.1. The molecule has 0 saturated heterocycles. The second kappa shape index (κ2) is 5.18. The highest BCUT2D eigenvalue weighted by Gasteiger charge is 2.35. The van der Waals surface area contributed by atoms with Gasteiger partial charge < -0.3 is 14.5 Å². The SMILES string of the molecule is CC(C)(O)C(C)(C)O[B]c1ccc2c(c1)CCCO2. The Balaban J connectivity index is 2.04. The quantitative estimate of drug-likeness (QED) is 0.840. The monoisotopic (exact) mass is 261 g/mol. The smallest absolute Gasteiger partial charge is 0.330 e. The van der Waals surface area contributed by atoms with E-state index >= 15 is 0 Å². The molecule has 1 aliphatic rings. The number of hydrogen-bond acceptors (Lipinski definition) is 3. The Bertz CT molecular complexity index is 449. The van der Waals surface area contributed by atoms with Crippen molar-refractivity contribution in [2.75, 3.05) is 6.61 Å². The first-order valence-electron chi connectivity index (χ1n) is 6.79. The lowest BCUT2D eigenvalue weighted by Crippen LogP contribution is -2.49. The van der Waals surface area contributed by atoms with Crippen molar-refractivity contribution >= 4 is 12.9 Å². The molecule has 3 nitrogen and oxygen atoms in total. The summed E-state index contributed by atoms with van der Waals surface area (Å²) in [6, 6.07) is 6.06. The third-order valence-corrected chi connectivity index (χ3v) is 3.90. The molecular weight excluding hydrogens is 239 g/mol. The standard InChI is InChI=1S/C15H22BO3/c1-14(2,17)15(3,4)19-16-12-7-8-13-11(10-12)6-5-9-18-13/h7-8,10,17H,5-6,9H2,1-4H3. The van der Waals surface area contributed by atoms with Crippen LogP contribution in [0.4, 0.5) is 0 Å². The number of aryl methyl sites for hydroxylation is 1. The van der Waals surface area contributed by atoms with Gasteiger partial charge in [0.05, 0.1) is 17.8 Å². The molecule has 1 heterocycles. The molecule has 4 heteroatoms. The van der Waals surface area contributed by atoms with Crippen LogP contribution in [0.5, 0.6) is 5.75 Å². The van der Waals surface area contributed by atoms with Crippen LogP contribution in [0.25, 0.3) is 0 Å². The Labute approximate surface area is 116 Å². The zero-order valence-corrected chi connectivity index (χ0v) is 12.2. The number of aliphatic hydroxyl groups is 1. The van der Waals surface area contributed by atoms with Gasteiger partial charge in [-0.15, -0.1) is 0 Å². The molecule has 0 bridgehead atoms. The number of ether oxygens (including phenoxy) is 1. The van der Waals surface area contributed by atoms with Crippen LogP contribution in [0.2, 0.25) is 0 Å². The van der Waals surface area contributed by atoms with Gasteiger partial charge >= 0.3 is 7.48 Å². The van der Waals surface area contributed by atoms with Gasteiger partial charge in [0, 0.05) is 0 Å². The maximum Gasteiger partial charge on any atom is 0.330 e. The Kier molecular flexibility index (Phi) is 3.93. The summed E-state index contributed by atoms with van der Waals surface area (Å²) >= 11 is 0. The van der Waals surface area contributed by atoms with Gasteiger partial charge in [0.2, 0.25) is 0 Å². The molecule has 0 atom stereocenters. The normalized spacial score (nSPS) is 15.6. The topological polar surface area (TPSA) is 38.7 Å². The molecule has 19 heavy (non-hydrogen) atoms. The van der Waals surface area contributed by atoms with Gasteiger partial charge in [-0.05, 0) is 52.2 Å². The Morgan fingerprint density at radius 2 is 2.00 bits per heavy atom. The van der Waals surface area contributed by atoms with Crippen LogP contribution in [-0.2, 0) is 11.1 Å². The van der Waals surface area contributed by atoms with Crippen molar-refractivity contribution in [3.8, 4) is 5.75 Å².